The van der Waals surface area contributed by atoms with Crippen LogP contribution in [0, 0.1) is 0 Å². The molecule has 0 spiro atoms. The van der Waals surface area contributed by atoms with Crippen molar-refractivity contribution in [2.45, 2.75) is 62.6 Å². The lowest BCUT2D eigenvalue weighted by Crippen LogP contribution is -2.55. The summed E-state index contributed by atoms with van der Waals surface area (Å²) in [7, 11) is 1.70. The summed E-state index contributed by atoms with van der Waals surface area (Å²) in [5.41, 5.74) is -1.29. The van der Waals surface area contributed by atoms with Crippen LogP contribution in [0.1, 0.15) is 51.4 Å². The maximum absolute atomic E-state index is 12.0. The van der Waals surface area contributed by atoms with Gasteiger partial charge in [-0.25, -0.2) is 0 Å². The maximum atomic E-state index is 12.0. The normalized spacial score (nSPS) is 26.0. The SMILES string of the molecule is COC1(CNC(=O)C2(O)CCCCC2)CCC1. The fourth-order valence-electron chi connectivity index (χ4n) is 2.79. The number of carbonyl (C=O) groups excluding carboxylic acids is 1. The number of amides is 1. The molecule has 17 heavy (non-hydrogen) atoms. The summed E-state index contributed by atoms with van der Waals surface area (Å²) >= 11 is 0. The Labute approximate surface area is 103 Å². The van der Waals surface area contributed by atoms with E-state index in [9.17, 15) is 9.90 Å². The Bertz CT molecular complexity index is 275. The molecule has 0 aromatic rings. The molecule has 0 bridgehead atoms. The van der Waals surface area contributed by atoms with Crippen LogP contribution >= 0.6 is 0 Å². The predicted molar refractivity (Wildman–Crippen MR) is 64.6 cm³/mol. The average molecular weight is 241 g/mol. The van der Waals surface area contributed by atoms with E-state index in [1.165, 1.54) is 0 Å². The van der Waals surface area contributed by atoms with Gasteiger partial charge < -0.3 is 15.2 Å². The highest BCUT2D eigenvalue weighted by atomic mass is 16.5. The van der Waals surface area contributed by atoms with Gasteiger partial charge in [0.2, 0.25) is 0 Å². The maximum Gasteiger partial charge on any atom is 0.252 e. The number of carbonyl (C=O) groups is 1. The Balaban J connectivity index is 1.84. The monoisotopic (exact) mass is 241 g/mol. The Morgan fingerprint density at radius 1 is 1.18 bits per heavy atom. The average Bonchev–Trinajstić information content (AvgIpc) is 2.29. The lowest BCUT2D eigenvalue weighted by molar-refractivity contribution is -0.146. The van der Waals surface area contributed by atoms with Crippen molar-refractivity contribution in [3.05, 3.63) is 0 Å². The molecule has 4 nitrogen and oxygen atoms in total. The van der Waals surface area contributed by atoms with Crippen molar-refractivity contribution in [3.8, 4) is 0 Å². The molecule has 2 saturated carbocycles. The second-order valence-corrected chi connectivity index (χ2v) is 5.52. The predicted octanol–water partition coefficient (Wildman–Crippen LogP) is 1.37. The molecule has 0 heterocycles. The molecular formula is C13H23NO3. The van der Waals surface area contributed by atoms with E-state index in [0.29, 0.717) is 19.4 Å². The number of rotatable bonds is 4. The van der Waals surface area contributed by atoms with Gasteiger partial charge in [-0.2, -0.15) is 0 Å². The molecule has 4 heteroatoms. The van der Waals surface area contributed by atoms with Gasteiger partial charge in [0, 0.05) is 13.7 Å². The second kappa shape index (κ2) is 4.94. The topological polar surface area (TPSA) is 58.6 Å². The summed E-state index contributed by atoms with van der Waals surface area (Å²) in [5, 5.41) is 13.1. The van der Waals surface area contributed by atoms with Crippen molar-refractivity contribution in [3.63, 3.8) is 0 Å². The number of methoxy groups -OCH3 is 1. The fraction of sp³-hybridized carbons (Fsp3) is 0.923. The van der Waals surface area contributed by atoms with E-state index in [2.05, 4.69) is 5.32 Å². The summed E-state index contributed by atoms with van der Waals surface area (Å²) < 4.78 is 5.45. The molecule has 2 fully saturated rings. The van der Waals surface area contributed by atoms with Crippen molar-refractivity contribution in [1.82, 2.24) is 5.32 Å². The van der Waals surface area contributed by atoms with Gasteiger partial charge in [0.15, 0.2) is 0 Å². The van der Waals surface area contributed by atoms with Crippen LogP contribution in [0.4, 0.5) is 0 Å². The van der Waals surface area contributed by atoms with E-state index in [0.717, 1.165) is 38.5 Å². The largest absolute Gasteiger partial charge is 0.380 e. The zero-order valence-electron chi connectivity index (χ0n) is 10.6. The van der Waals surface area contributed by atoms with Crippen molar-refractivity contribution in [2.24, 2.45) is 0 Å². The summed E-state index contributed by atoms with van der Waals surface area (Å²) in [6.45, 7) is 0.532. The third-order valence-corrected chi connectivity index (χ3v) is 4.37. The van der Waals surface area contributed by atoms with Crippen LogP contribution in [0.5, 0.6) is 0 Å². The van der Waals surface area contributed by atoms with E-state index in [1.807, 2.05) is 0 Å². The number of nitrogens with one attached hydrogen (secondary N) is 1. The highest BCUT2D eigenvalue weighted by Crippen LogP contribution is 2.34. The lowest BCUT2D eigenvalue weighted by Gasteiger charge is -2.41. The van der Waals surface area contributed by atoms with Crippen molar-refractivity contribution >= 4 is 5.91 Å². The number of ether oxygens (including phenoxy) is 1. The zero-order valence-corrected chi connectivity index (χ0v) is 10.6. The van der Waals surface area contributed by atoms with Crippen molar-refractivity contribution in [2.75, 3.05) is 13.7 Å². The minimum absolute atomic E-state index is 0.166. The van der Waals surface area contributed by atoms with E-state index >= 15 is 0 Å². The van der Waals surface area contributed by atoms with Crippen LogP contribution in [0.3, 0.4) is 0 Å². The van der Waals surface area contributed by atoms with Gasteiger partial charge in [0.1, 0.15) is 5.60 Å². The van der Waals surface area contributed by atoms with E-state index < -0.39 is 5.60 Å². The summed E-state index contributed by atoms with van der Waals surface area (Å²) in [6.07, 6.45) is 7.37. The van der Waals surface area contributed by atoms with Gasteiger partial charge in [-0.05, 0) is 32.1 Å². The van der Waals surface area contributed by atoms with Gasteiger partial charge in [-0.3, -0.25) is 4.79 Å². The summed E-state index contributed by atoms with van der Waals surface area (Å²) in [5.74, 6) is -0.208. The molecule has 0 saturated heterocycles. The third-order valence-electron chi connectivity index (χ3n) is 4.37. The quantitative estimate of drug-likeness (QED) is 0.781. The molecule has 2 rings (SSSR count). The molecule has 0 atom stereocenters. The molecular weight excluding hydrogens is 218 g/mol. The molecule has 1 amide bonds. The van der Waals surface area contributed by atoms with Crippen LogP contribution in [-0.2, 0) is 9.53 Å². The first-order chi connectivity index (χ1) is 8.10. The van der Waals surface area contributed by atoms with Crippen LogP contribution in [-0.4, -0.2) is 35.9 Å². The minimum atomic E-state index is -1.13. The van der Waals surface area contributed by atoms with Gasteiger partial charge in [0.05, 0.1) is 5.60 Å². The molecule has 0 unspecified atom stereocenters. The lowest BCUT2D eigenvalue weighted by atomic mass is 9.79. The Morgan fingerprint density at radius 2 is 1.82 bits per heavy atom. The fourth-order valence-corrected chi connectivity index (χ4v) is 2.79. The number of aliphatic hydroxyl groups is 1. The van der Waals surface area contributed by atoms with E-state index in [-0.39, 0.29) is 11.5 Å². The Hall–Kier alpha value is -0.610. The standard InChI is InChI=1S/C13H23NO3/c1-17-12(6-5-7-12)10-14-11(15)13(16)8-3-2-4-9-13/h16H,2-10H2,1H3,(H,14,15). The molecule has 2 N–H and O–H groups in total. The van der Waals surface area contributed by atoms with Crippen LogP contribution in [0.2, 0.25) is 0 Å². The van der Waals surface area contributed by atoms with Crippen molar-refractivity contribution in [1.29, 1.82) is 0 Å². The second-order valence-electron chi connectivity index (χ2n) is 5.52. The minimum Gasteiger partial charge on any atom is -0.380 e. The molecule has 2 aliphatic rings. The van der Waals surface area contributed by atoms with Gasteiger partial charge in [-0.15, -0.1) is 0 Å². The molecule has 0 aliphatic heterocycles. The van der Waals surface area contributed by atoms with Crippen LogP contribution < -0.4 is 5.32 Å². The first kappa shape index (κ1) is 12.8. The molecule has 0 radical (unpaired) electrons. The smallest absolute Gasteiger partial charge is 0.252 e. The highest BCUT2D eigenvalue weighted by Gasteiger charge is 2.41. The first-order valence-electron chi connectivity index (χ1n) is 6.66. The number of hydrogen-bond acceptors (Lipinski definition) is 3. The summed E-state index contributed by atoms with van der Waals surface area (Å²) in [4.78, 5) is 12.0. The van der Waals surface area contributed by atoms with Gasteiger partial charge in [0.25, 0.3) is 5.91 Å². The Kier molecular flexibility index (Phi) is 3.73. The molecule has 2 aliphatic carbocycles. The van der Waals surface area contributed by atoms with Crippen LogP contribution in [0.25, 0.3) is 0 Å². The Morgan fingerprint density at radius 3 is 2.29 bits per heavy atom. The van der Waals surface area contributed by atoms with Gasteiger partial charge >= 0.3 is 0 Å². The number of hydrogen-bond donors (Lipinski definition) is 2. The molecule has 98 valence electrons. The van der Waals surface area contributed by atoms with E-state index in [4.69, 9.17) is 4.74 Å². The summed E-state index contributed by atoms with van der Waals surface area (Å²) in [6, 6.07) is 0. The van der Waals surface area contributed by atoms with Crippen LogP contribution in [0.15, 0.2) is 0 Å². The third kappa shape index (κ3) is 2.63. The van der Waals surface area contributed by atoms with Crippen molar-refractivity contribution < 1.29 is 14.6 Å². The van der Waals surface area contributed by atoms with E-state index in [1.54, 1.807) is 7.11 Å². The highest BCUT2D eigenvalue weighted by molar-refractivity contribution is 5.85. The molecule has 0 aromatic carbocycles. The van der Waals surface area contributed by atoms with Gasteiger partial charge in [-0.1, -0.05) is 19.3 Å². The first-order valence-corrected chi connectivity index (χ1v) is 6.66. The zero-order chi connectivity index (χ0) is 12.4. The molecule has 0 aromatic heterocycles.